The molecule has 0 heterocycles. The largest absolute Gasteiger partial charge is 0.310 e. The van der Waals surface area contributed by atoms with Crippen molar-refractivity contribution in [3.05, 3.63) is 29.8 Å². The quantitative estimate of drug-likeness (QED) is 0.712. The van der Waals surface area contributed by atoms with Crippen LogP contribution in [0.15, 0.2) is 29.2 Å². The van der Waals surface area contributed by atoms with Crippen molar-refractivity contribution in [1.82, 2.24) is 0 Å². The Bertz CT molecular complexity index is 521. The van der Waals surface area contributed by atoms with E-state index >= 15 is 0 Å². The first-order valence-corrected chi connectivity index (χ1v) is 7.18. The first kappa shape index (κ1) is 13.3. The van der Waals surface area contributed by atoms with Gasteiger partial charge in [0.05, 0.1) is 0 Å². The van der Waals surface area contributed by atoms with Crippen molar-refractivity contribution >= 4 is 16.0 Å². The number of hydrogen-bond donors (Lipinski definition) is 0. The molecule has 0 amide bonds. The highest BCUT2D eigenvalue weighted by Crippen LogP contribution is 3.02. The van der Waals surface area contributed by atoms with E-state index in [9.17, 15) is 24.2 Å². The summed E-state index contributed by atoms with van der Waals surface area (Å²) in [6.45, 7) is 1.35. The van der Waals surface area contributed by atoms with E-state index in [-0.39, 0.29) is 23.2 Å². The van der Waals surface area contributed by atoms with Crippen molar-refractivity contribution in [3.8, 4) is 0 Å². The monoisotopic (exact) mass is 286 g/mol. The predicted octanol–water partition coefficient (Wildman–Crippen LogP) is 5.04. The van der Waals surface area contributed by atoms with Gasteiger partial charge in [-0.1, -0.05) is 31.6 Å². The van der Waals surface area contributed by atoms with Crippen molar-refractivity contribution < 1.29 is 24.2 Å². The van der Waals surface area contributed by atoms with Crippen LogP contribution in [-0.2, 0) is 4.79 Å². The number of carbonyl (C=O) groups excluding carboxylic acids is 1. The van der Waals surface area contributed by atoms with E-state index in [4.69, 9.17) is 0 Å². The lowest BCUT2D eigenvalue weighted by Crippen LogP contribution is -2.06. The average molecular weight is 286 g/mol. The molecule has 0 spiro atoms. The van der Waals surface area contributed by atoms with Gasteiger partial charge in [-0.05, 0) is 37.0 Å². The van der Waals surface area contributed by atoms with Crippen LogP contribution in [0.3, 0.4) is 0 Å². The molecule has 0 saturated heterocycles. The topological polar surface area (TPSA) is 17.1 Å². The number of carbonyl (C=O) groups is 1. The van der Waals surface area contributed by atoms with Crippen molar-refractivity contribution in [2.24, 2.45) is 5.92 Å². The van der Waals surface area contributed by atoms with Crippen LogP contribution in [0.1, 0.15) is 24.8 Å². The van der Waals surface area contributed by atoms with Gasteiger partial charge in [0.15, 0.2) is 0 Å². The van der Waals surface area contributed by atoms with E-state index in [0.29, 0.717) is 18.6 Å². The van der Waals surface area contributed by atoms with Gasteiger partial charge in [0.1, 0.15) is 10.7 Å². The first-order chi connectivity index (χ1) is 7.88. The van der Waals surface area contributed by atoms with Crippen molar-refractivity contribution in [2.75, 3.05) is 0 Å². The summed E-state index contributed by atoms with van der Waals surface area (Å²) in [7, 11) is -9.62. The fraction of sp³-hybridized carbons (Fsp3) is 0.364. The zero-order valence-electron chi connectivity index (χ0n) is 9.38. The molecule has 1 saturated carbocycles. The first-order valence-electron chi connectivity index (χ1n) is 5.23. The third kappa shape index (κ3) is 2.66. The molecule has 0 unspecified atom stereocenters. The minimum atomic E-state index is -9.62. The van der Waals surface area contributed by atoms with Gasteiger partial charge in [-0.3, -0.25) is 4.79 Å². The maximum atomic E-state index is 12.6. The average Bonchev–Trinajstić information content (AvgIpc) is 2.93. The van der Waals surface area contributed by atoms with E-state index in [1.165, 1.54) is 13.0 Å². The summed E-state index contributed by atoms with van der Waals surface area (Å²) in [5, 5.41) is 0. The second kappa shape index (κ2) is 3.07. The molecule has 18 heavy (non-hydrogen) atoms. The highest BCUT2D eigenvalue weighted by Gasteiger charge is 2.65. The molecule has 0 radical (unpaired) electrons. The summed E-state index contributed by atoms with van der Waals surface area (Å²) in [6.07, 6.45) is 0.430. The fourth-order valence-corrected chi connectivity index (χ4v) is 2.69. The van der Waals surface area contributed by atoms with Gasteiger partial charge in [-0.2, -0.15) is 0 Å². The summed E-state index contributed by atoms with van der Waals surface area (Å²) in [5.41, 5.74) is 0.154. The molecule has 1 fully saturated rings. The van der Waals surface area contributed by atoms with Gasteiger partial charge in [0.2, 0.25) is 0 Å². The van der Waals surface area contributed by atoms with Gasteiger partial charge < -0.3 is 0 Å². The highest BCUT2D eigenvalue weighted by atomic mass is 32.5. The number of rotatable bonds is 3. The number of Topliss-reactive ketones (excluding diaryl/α,β-unsaturated/α-hetero) is 1. The molecule has 1 nitrogen and oxygen atoms in total. The molecule has 1 aliphatic rings. The van der Waals surface area contributed by atoms with E-state index in [2.05, 4.69) is 0 Å². The third-order valence-corrected chi connectivity index (χ3v) is 4.19. The normalized spacial score (nSPS) is 27.2. The van der Waals surface area contributed by atoms with Crippen LogP contribution in [0.2, 0.25) is 0 Å². The molecule has 2 rings (SSSR count). The maximum Gasteiger partial charge on any atom is 0.310 e. The number of halogens is 5. The summed E-state index contributed by atoms with van der Waals surface area (Å²) < 4.78 is 63.0. The van der Waals surface area contributed by atoms with Crippen molar-refractivity contribution in [1.29, 1.82) is 0 Å². The molecule has 0 bridgehead atoms. The van der Waals surface area contributed by atoms with Crippen LogP contribution in [0.25, 0.3) is 0 Å². The summed E-state index contributed by atoms with van der Waals surface area (Å²) >= 11 is 0. The number of benzene rings is 1. The van der Waals surface area contributed by atoms with Crippen LogP contribution < -0.4 is 0 Å². The van der Waals surface area contributed by atoms with Gasteiger partial charge in [-0.15, -0.1) is 0 Å². The molecule has 1 aliphatic carbocycles. The molecule has 1 aromatic rings. The molecule has 2 atom stereocenters. The molecule has 0 aromatic heterocycles. The smallest absolute Gasteiger partial charge is 0.300 e. The molecule has 7 heteroatoms. The predicted molar refractivity (Wildman–Crippen MR) is 59.4 cm³/mol. The summed E-state index contributed by atoms with van der Waals surface area (Å²) in [4.78, 5) is 9.15. The lowest BCUT2D eigenvalue weighted by atomic mass is 10.1. The van der Waals surface area contributed by atoms with Gasteiger partial charge in [0, 0.05) is 5.92 Å². The van der Waals surface area contributed by atoms with E-state index in [0.717, 1.165) is 6.07 Å². The van der Waals surface area contributed by atoms with E-state index in [1.54, 1.807) is 0 Å². The molecular formula is C11H11F5OS. The van der Waals surface area contributed by atoms with Crippen LogP contribution in [0.4, 0.5) is 19.4 Å². The minimum Gasteiger partial charge on any atom is -0.300 e. The Kier molecular flexibility index (Phi) is 2.27. The van der Waals surface area contributed by atoms with Gasteiger partial charge in [-0.25, -0.2) is 0 Å². The Morgan fingerprint density at radius 1 is 1.22 bits per heavy atom. The van der Waals surface area contributed by atoms with Crippen LogP contribution in [0, 0.1) is 5.92 Å². The Balaban J connectivity index is 2.37. The van der Waals surface area contributed by atoms with Crippen LogP contribution in [-0.4, -0.2) is 5.78 Å². The number of ketones is 1. The maximum absolute atomic E-state index is 12.6. The Labute approximate surface area is 101 Å². The second-order valence-electron chi connectivity index (χ2n) is 4.60. The lowest BCUT2D eigenvalue weighted by Gasteiger charge is -2.40. The standard InChI is InChI=1S/C11H11F5OS/c1-7(17)10-6-11(10)8-3-2-4-9(5-8)18(12,13,14,15)16/h2-5,10-11H,6H2,1H3/t10-,11+/m0/s1. The Morgan fingerprint density at radius 2 is 1.83 bits per heavy atom. The Hall–Kier alpha value is -1.11. The third-order valence-electron chi connectivity index (χ3n) is 3.04. The molecule has 102 valence electrons. The van der Waals surface area contributed by atoms with E-state index in [1.807, 2.05) is 0 Å². The summed E-state index contributed by atoms with van der Waals surface area (Å²) in [5.74, 6) is -0.820. The zero-order valence-corrected chi connectivity index (χ0v) is 10.2. The van der Waals surface area contributed by atoms with Crippen LogP contribution in [0.5, 0.6) is 0 Å². The minimum absolute atomic E-state index is 0.127. The molecule has 0 aliphatic heterocycles. The van der Waals surface area contributed by atoms with Crippen molar-refractivity contribution in [3.63, 3.8) is 0 Å². The fourth-order valence-electron chi connectivity index (χ4n) is 2.00. The van der Waals surface area contributed by atoms with Gasteiger partial charge >= 0.3 is 10.2 Å². The Morgan fingerprint density at radius 3 is 2.28 bits per heavy atom. The SMILES string of the molecule is CC(=O)[C@@H]1C[C@@H]1c1cccc(S(F)(F)(F)(F)F)c1. The number of hydrogen-bond acceptors (Lipinski definition) is 1. The molecular weight excluding hydrogens is 275 g/mol. The molecule has 0 N–H and O–H groups in total. The second-order valence-corrected chi connectivity index (χ2v) is 7.01. The van der Waals surface area contributed by atoms with Gasteiger partial charge in [0.25, 0.3) is 0 Å². The molecule has 1 aromatic carbocycles. The lowest BCUT2D eigenvalue weighted by molar-refractivity contribution is -0.118. The van der Waals surface area contributed by atoms with E-state index < -0.39 is 15.1 Å². The summed E-state index contributed by atoms with van der Waals surface area (Å²) in [6, 6.07) is 3.14. The highest BCUT2D eigenvalue weighted by molar-refractivity contribution is 8.45. The zero-order chi connectivity index (χ0) is 13.8. The van der Waals surface area contributed by atoms with Crippen molar-refractivity contribution in [2.45, 2.75) is 24.2 Å². The van der Waals surface area contributed by atoms with Crippen LogP contribution >= 0.6 is 10.2 Å².